The smallest absolute Gasteiger partial charge is 0.333 e. The zero-order valence-electron chi connectivity index (χ0n) is 19.6. The maximum absolute atomic E-state index is 12.7. The Kier molecular flexibility index (Phi) is 14.1. The Bertz CT molecular complexity index is 636. The molecular formula is C21H35NO10. The van der Waals surface area contributed by atoms with Crippen LogP contribution < -0.4 is 0 Å². The third-order valence-corrected chi connectivity index (χ3v) is 4.23. The SMILES string of the molecule is COCCN(CCOC)C(=O)[C@H](O)C(C)(C)COC(=O)/C=C/C(=O)OCOC(=O)C(C)C. The number of amides is 1. The molecule has 0 saturated carbocycles. The van der Waals surface area contributed by atoms with Gasteiger partial charge in [0.05, 0.1) is 25.7 Å². The van der Waals surface area contributed by atoms with Crippen LogP contribution in [0.4, 0.5) is 0 Å². The fourth-order valence-corrected chi connectivity index (χ4v) is 2.12. The number of hydrogen-bond acceptors (Lipinski definition) is 10. The van der Waals surface area contributed by atoms with Crippen molar-refractivity contribution in [3.8, 4) is 0 Å². The second-order valence-corrected chi connectivity index (χ2v) is 7.84. The molecule has 1 N–H and O–H groups in total. The number of esters is 3. The van der Waals surface area contributed by atoms with Crippen LogP contribution in [-0.4, -0.2) is 93.8 Å². The molecule has 0 rings (SSSR count). The highest BCUT2D eigenvalue weighted by molar-refractivity contribution is 5.91. The lowest BCUT2D eigenvalue weighted by molar-refractivity contribution is -0.166. The van der Waals surface area contributed by atoms with Crippen molar-refractivity contribution in [1.82, 2.24) is 4.90 Å². The van der Waals surface area contributed by atoms with Crippen LogP contribution >= 0.6 is 0 Å². The van der Waals surface area contributed by atoms with Gasteiger partial charge >= 0.3 is 17.9 Å². The molecule has 0 unspecified atom stereocenters. The van der Waals surface area contributed by atoms with Crippen LogP contribution in [0, 0.1) is 11.3 Å². The van der Waals surface area contributed by atoms with Gasteiger partial charge in [-0.1, -0.05) is 27.7 Å². The second-order valence-electron chi connectivity index (χ2n) is 7.84. The van der Waals surface area contributed by atoms with E-state index in [1.54, 1.807) is 27.7 Å². The van der Waals surface area contributed by atoms with Crippen LogP contribution in [0.25, 0.3) is 0 Å². The Morgan fingerprint density at radius 2 is 1.41 bits per heavy atom. The Morgan fingerprint density at radius 1 is 0.906 bits per heavy atom. The first-order valence-electron chi connectivity index (χ1n) is 10.1. The number of carbonyl (C=O) groups is 4. The maximum Gasteiger partial charge on any atom is 0.333 e. The Hall–Kier alpha value is -2.50. The van der Waals surface area contributed by atoms with E-state index in [0.29, 0.717) is 0 Å². The van der Waals surface area contributed by atoms with Crippen LogP contribution in [0.2, 0.25) is 0 Å². The van der Waals surface area contributed by atoms with E-state index in [1.807, 2.05) is 0 Å². The fraction of sp³-hybridized carbons (Fsp3) is 0.714. The predicted molar refractivity (Wildman–Crippen MR) is 112 cm³/mol. The zero-order chi connectivity index (χ0) is 24.7. The number of carbonyl (C=O) groups excluding carboxylic acids is 4. The highest BCUT2D eigenvalue weighted by Crippen LogP contribution is 2.23. The zero-order valence-corrected chi connectivity index (χ0v) is 19.6. The van der Waals surface area contributed by atoms with E-state index >= 15 is 0 Å². The second kappa shape index (κ2) is 15.3. The quantitative estimate of drug-likeness (QED) is 0.206. The minimum absolute atomic E-state index is 0.267. The van der Waals surface area contributed by atoms with E-state index in [2.05, 4.69) is 9.47 Å². The molecule has 184 valence electrons. The summed E-state index contributed by atoms with van der Waals surface area (Å²) in [7, 11) is 3.00. The minimum atomic E-state index is -1.45. The molecule has 1 amide bonds. The molecule has 0 aromatic rings. The number of methoxy groups -OCH3 is 2. The molecule has 0 aromatic heterocycles. The molecule has 11 heteroatoms. The topological polar surface area (TPSA) is 138 Å². The van der Waals surface area contributed by atoms with Crippen molar-refractivity contribution >= 4 is 23.8 Å². The largest absolute Gasteiger partial charge is 0.462 e. The minimum Gasteiger partial charge on any atom is -0.462 e. The third kappa shape index (κ3) is 11.8. The van der Waals surface area contributed by atoms with Crippen molar-refractivity contribution in [2.24, 2.45) is 11.3 Å². The van der Waals surface area contributed by atoms with Crippen molar-refractivity contribution in [2.45, 2.75) is 33.8 Å². The van der Waals surface area contributed by atoms with Gasteiger partial charge in [-0.15, -0.1) is 0 Å². The van der Waals surface area contributed by atoms with Gasteiger partial charge in [-0.2, -0.15) is 0 Å². The lowest BCUT2D eigenvalue weighted by Gasteiger charge is -2.33. The average molecular weight is 462 g/mol. The van der Waals surface area contributed by atoms with Gasteiger partial charge in [0, 0.05) is 44.9 Å². The molecule has 0 aliphatic carbocycles. The molecule has 11 nitrogen and oxygen atoms in total. The number of ether oxygens (including phenoxy) is 5. The standard InChI is InChI=1S/C21H35NO10/c1-15(2)20(27)32-14-31-17(24)8-7-16(23)30-13-21(3,4)18(25)19(26)22(9-11-28-5)10-12-29-6/h7-8,15,18,25H,9-14H2,1-6H3/b8-7+/t18-/m0/s1. The first kappa shape index (κ1) is 29.5. The molecule has 0 aromatic carbocycles. The molecule has 0 spiro atoms. The van der Waals surface area contributed by atoms with E-state index < -0.39 is 42.1 Å². The number of hydrogen-bond donors (Lipinski definition) is 1. The predicted octanol–water partition coefficient (Wildman–Crippen LogP) is 0.294. The summed E-state index contributed by atoms with van der Waals surface area (Å²) in [6.45, 7) is 6.64. The van der Waals surface area contributed by atoms with E-state index in [4.69, 9.17) is 14.2 Å². The maximum atomic E-state index is 12.7. The number of aliphatic hydroxyl groups is 1. The highest BCUT2D eigenvalue weighted by atomic mass is 16.7. The summed E-state index contributed by atoms with van der Waals surface area (Å²) in [5.74, 6) is -3.21. The molecule has 0 aliphatic heterocycles. The first-order chi connectivity index (χ1) is 15.0. The normalized spacial score (nSPS) is 12.5. The molecule has 0 radical (unpaired) electrons. The highest BCUT2D eigenvalue weighted by Gasteiger charge is 2.37. The van der Waals surface area contributed by atoms with Gasteiger partial charge in [0.1, 0.15) is 6.10 Å². The van der Waals surface area contributed by atoms with E-state index in [1.165, 1.54) is 19.1 Å². The van der Waals surface area contributed by atoms with Gasteiger partial charge in [0.2, 0.25) is 6.79 Å². The van der Waals surface area contributed by atoms with Gasteiger partial charge < -0.3 is 33.7 Å². The molecule has 0 bridgehead atoms. The molecule has 0 saturated heterocycles. The molecule has 1 atom stereocenters. The van der Waals surface area contributed by atoms with Gasteiger partial charge in [-0.25, -0.2) is 9.59 Å². The van der Waals surface area contributed by atoms with Crippen molar-refractivity contribution in [3.05, 3.63) is 12.2 Å². The van der Waals surface area contributed by atoms with Gasteiger partial charge in [0.15, 0.2) is 0 Å². The number of nitrogens with zero attached hydrogens (tertiary/aromatic N) is 1. The Labute approximate surface area is 188 Å². The average Bonchev–Trinajstić information content (AvgIpc) is 2.75. The van der Waals surface area contributed by atoms with Crippen molar-refractivity contribution in [2.75, 3.05) is 53.9 Å². The fourth-order valence-electron chi connectivity index (χ4n) is 2.12. The number of rotatable bonds is 15. The van der Waals surface area contributed by atoms with Crippen molar-refractivity contribution < 1.29 is 48.0 Å². The van der Waals surface area contributed by atoms with E-state index in [-0.39, 0.29) is 38.8 Å². The summed E-state index contributed by atoms with van der Waals surface area (Å²) in [4.78, 5) is 48.7. The van der Waals surface area contributed by atoms with Crippen LogP contribution in [-0.2, 0) is 42.9 Å². The molecule has 0 fully saturated rings. The monoisotopic (exact) mass is 461 g/mol. The van der Waals surface area contributed by atoms with Crippen molar-refractivity contribution in [3.63, 3.8) is 0 Å². The van der Waals surface area contributed by atoms with Crippen LogP contribution in [0.15, 0.2) is 12.2 Å². The summed E-state index contributed by atoms with van der Waals surface area (Å²) in [6.07, 6.45) is 0.200. The summed E-state index contributed by atoms with van der Waals surface area (Å²) in [5, 5.41) is 10.5. The Balaban J connectivity index is 4.66. The van der Waals surface area contributed by atoms with E-state index in [0.717, 1.165) is 12.2 Å². The van der Waals surface area contributed by atoms with Crippen LogP contribution in [0.3, 0.4) is 0 Å². The van der Waals surface area contributed by atoms with Gasteiger partial charge in [-0.3, -0.25) is 9.59 Å². The van der Waals surface area contributed by atoms with E-state index in [9.17, 15) is 24.3 Å². The summed E-state index contributed by atoms with van der Waals surface area (Å²) < 4.78 is 24.3. The summed E-state index contributed by atoms with van der Waals surface area (Å²) in [6, 6.07) is 0. The molecule has 0 aliphatic rings. The van der Waals surface area contributed by atoms with Crippen LogP contribution in [0.5, 0.6) is 0 Å². The summed E-state index contributed by atoms with van der Waals surface area (Å²) in [5.41, 5.74) is -1.11. The van der Waals surface area contributed by atoms with Gasteiger partial charge in [-0.05, 0) is 0 Å². The first-order valence-corrected chi connectivity index (χ1v) is 10.1. The van der Waals surface area contributed by atoms with Crippen molar-refractivity contribution in [1.29, 1.82) is 0 Å². The van der Waals surface area contributed by atoms with Crippen LogP contribution in [0.1, 0.15) is 27.7 Å². The Morgan fingerprint density at radius 3 is 1.88 bits per heavy atom. The number of aliphatic hydroxyl groups excluding tert-OH is 1. The molecule has 0 heterocycles. The summed E-state index contributed by atoms with van der Waals surface area (Å²) >= 11 is 0. The molecular weight excluding hydrogens is 426 g/mol. The van der Waals surface area contributed by atoms with Gasteiger partial charge in [0.25, 0.3) is 5.91 Å². The lowest BCUT2D eigenvalue weighted by Crippen LogP contribution is -2.49. The lowest BCUT2D eigenvalue weighted by atomic mass is 9.86. The third-order valence-electron chi connectivity index (χ3n) is 4.23. The molecule has 32 heavy (non-hydrogen) atoms.